The summed E-state index contributed by atoms with van der Waals surface area (Å²) in [5.41, 5.74) is 0. The van der Waals surface area contributed by atoms with Crippen LogP contribution in [0.15, 0.2) is 0 Å². The third-order valence-corrected chi connectivity index (χ3v) is 1.54. The third kappa shape index (κ3) is 4.31. The van der Waals surface area contributed by atoms with E-state index in [1.165, 1.54) is 6.92 Å². The van der Waals surface area contributed by atoms with Crippen molar-refractivity contribution in [3.05, 3.63) is 0 Å². The molecule has 0 aliphatic heterocycles. The van der Waals surface area contributed by atoms with Crippen molar-refractivity contribution in [2.45, 2.75) is 26.1 Å². The fourth-order valence-electron chi connectivity index (χ4n) is 0.795. The number of carbonyl (C=O) groups is 1. The van der Waals surface area contributed by atoms with Crippen molar-refractivity contribution in [1.82, 2.24) is 0 Å². The summed E-state index contributed by atoms with van der Waals surface area (Å²) < 4.78 is 14.8. The summed E-state index contributed by atoms with van der Waals surface area (Å²) in [7, 11) is 3.12. The number of carbonyl (C=O) groups excluding carboxylic acids is 1. The standard InChI is InChI=1S/C8H16O4/c1-6(11-4)8(5-10-3)12-7(2)9/h6,8H,5H2,1-4H3. The number of methoxy groups -OCH3 is 2. The highest BCUT2D eigenvalue weighted by Crippen LogP contribution is 2.03. The Balaban J connectivity index is 3.93. The van der Waals surface area contributed by atoms with Gasteiger partial charge in [0.15, 0.2) is 6.10 Å². The Kier molecular flexibility index (Phi) is 5.66. The second-order valence-electron chi connectivity index (χ2n) is 2.54. The van der Waals surface area contributed by atoms with Gasteiger partial charge in [-0.3, -0.25) is 4.79 Å². The first-order valence-corrected chi connectivity index (χ1v) is 3.80. The fraction of sp³-hybridized carbons (Fsp3) is 0.875. The minimum absolute atomic E-state index is 0.145. The molecule has 72 valence electrons. The van der Waals surface area contributed by atoms with Gasteiger partial charge in [0.25, 0.3) is 0 Å². The molecule has 0 bridgehead atoms. The van der Waals surface area contributed by atoms with Crippen LogP contribution >= 0.6 is 0 Å². The van der Waals surface area contributed by atoms with Gasteiger partial charge in [0, 0.05) is 21.1 Å². The highest BCUT2D eigenvalue weighted by atomic mass is 16.6. The lowest BCUT2D eigenvalue weighted by atomic mass is 10.2. The lowest BCUT2D eigenvalue weighted by Crippen LogP contribution is -2.33. The quantitative estimate of drug-likeness (QED) is 0.575. The van der Waals surface area contributed by atoms with E-state index in [-0.39, 0.29) is 18.2 Å². The molecule has 0 heterocycles. The third-order valence-electron chi connectivity index (χ3n) is 1.54. The van der Waals surface area contributed by atoms with E-state index in [4.69, 9.17) is 14.2 Å². The van der Waals surface area contributed by atoms with E-state index in [0.717, 1.165) is 0 Å². The number of esters is 1. The molecule has 0 aliphatic rings. The molecule has 0 saturated heterocycles. The molecule has 0 aromatic carbocycles. The van der Waals surface area contributed by atoms with Crippen molar-refractivity contribution in [2.24, 2.45) is 0 Å². The number of ether oxygens (including phenoxy) is 3. The van der Waals surface area contributed by atoms with Crippen LogP contribution in [0.25, 0.3) is 0 Å². The van der Waals surface area contributed by atoms with Gasteiger partial charge >= 0.3 is 5.97 Å². The van der Waals surface area contributed by atoms with E-state index in [1.54, 1.807) is 14.2 Å². The van der Waals surface area contributed by atoms with Gasteiger partial charge in [-0.25, -0.2) is 0 Å². The van der Waals surface area contributed by atoms with E-state index in [1.807, 2.05) is 6.92 Å². The monoisotopic (exact) mass is 176 g/mol. The summed E-state index contributed by atoms with van der Waals surface area (Å²) in [6.45, 7) is 3.55. The predicted octanol–water partition coefficient (Wildman–Crippen LogP) is 0.599. The fourth-order valence-corrected chi connectivity index (χ4v) is 0.795. The first-order chi connectivity index (χ1) is 5.61. The van der Waals surface area contributed by atoms with Crippen LogP contribution in [0, 0.1) is 0 Å². The van der Waals surface area contributed by atoms with Gasteiger partial charge < -0.3 is 14.2 Å². The van der Waals surface area contributed by atoms with Gasteiger partial charge in [-0.05, 0) is 6.92 Å². The minimum atomic E-state index is -0.322. The number of hydrogen-bond donors (Lipinski definition) is 0. The zero-order valence-corrected chi connectivity index (χ0v) is 7.99. The van der Waals surface area contributed by atoms with Crippen molar-refractivity contribution >= 4 is 5.97 Å². The van der Waals surface area contributed by atoms with E-state index in [0.29, 0.717) is 6.61 Å². The molecular weight excluding hydrogens is 160 g/mol. The van der Waals surface area contributed by atoms with Gasteiger partial charge in [-0.1, -0.05) is 0 Å². The lowest BCUT2D eigenvalue weighted by Gasteiger charge is -2.21. The molecule has 2 unspecified atom stereocenters. The molecule has 4 heteroatoms. The summed E-state index contributed by atoms with van der Waals surface area (Å²) in [4.78, 5) is 10.6. The summed E-state index contributed by atoms with van der Waals surface area (Å²) in [5.74, 6) is -0.319. The highest BCUT2D eigenvalue weighted by molar-refractivity contribution is 5.66. The van der Waals surface area contributed by atoms with Gasteiger partial charge in [0.2, 0.25) is 0 Å². The molecule has 0 spiro atoms. The molecule has 4 nitrogen and oxygen atoms in total. The molecule has 0 fully saturated rings. The molecule has 2 atom stereocenters. The topological polar surface area (TPSA) is 44.8 Å². The van der Waals surface area contributed by atoms with Gasteiger partial charge in [0.05, 0.1) is 12.7 Å². The van der Waals surface area contributed by atoms with Gasteiger partial charge in [-0.2, -0.15) is 0 Å². The van der Waals surface area contributed by atoms with E-state index in [2.05, 4.69) is 0 Å². The maximum atomic E-state index is 10.6. The molecule has 12 heavy (non-hydrogen) atoms. The van der Waals surface area contributed by atoms with Crippen LogP contribution in [0.5, 0.6) is 0 Å². The second kappa shape index (κ2) is 5.97. The number of hydrogen-bond acceptors (Lipinski definition) is 4. The molecule has 0 aliphatic carbocycles. The maximum absolute atomic E-state index is 10.6. The summed E-state index contributed by atoms with van der Waals surface area (Å²) >= 11 is 0. The highest BCUT2D eigenvalue weighted by Gasteiger charge is 2.19. The summed E-state index contributed by atoms with van der Waals surface area (Å²) in [5, 5.41) is 0. The Morgan fingerprint density at radius 2 is 2.00 bits per heavy atom. The van der Waals surface area contributed by atoms with E-state index >= 15 is 0 Å². The Morgan fingerprint density at radius 3 is 2.33 bits per heavy atom. The molecule has 0 rings (SSSR count). The smallest absolute Gasteiger partial charge is 0.303 e. The average molecular weight is 176 g/mol. The Morgan fingerprint density at radius 1 is 1.42 bits per heavy atom. The predicted molar refractivity (Wildman–Crippen MR) is 43.9 cm³/mol. The van der Waals surface area contributed by atoms with Gasteiger partial charge in [0.1, 0.15) is 0 Å². The first kappa shape index (κ1) is 11.4. The second-order valence-corrected chi connectivity index (χ2v) is 2.54. The Bertz CT molecular complexity index is 135. The molecule has 0 saturated carbocycles. The normalized spacial score (nSPS) is 15.3. The van der Waals surface area contributed by atoms with Crippen LogP contribution in [-0.2, 0) is 19.0 Å². The van der Waals surface area contributed by atoms with Crippen molar-refractivity contribution in [2.75, 3.05) is 20.8 Å². The largest absolute Gasteiger partial charge is 0.457 e. The average Bonchev–Trinajstić information content (AvgIpc) is 2.01. The van der Waals surface area contributed by atoms with Crippen molar-refractivity contribution < 1.29 is 19.0 Å². The van der Waals surface area contributed by atoms with Crippen LogP contribution < -0.4 is 0 Å². The van der Waals surface area contributed by atoms with Crippen molar-refractivity contribution in [3.63, 3.8) is 0 Å². The Labute approximate surface area is 72.8 Å². The van der Waals surface area contributed by atoms with Crippen LogP contribution in [-0.4, -0.2) is 39.0 Å². The lowest BCUT2D eigenvalue weighted by molar-refractivity contribution is -0.156. The molecule has 0 aromatic rings. The van der Waals surface area contributed by atoms with Crippen LogP contribution in [0.1, 0.15) is 13.8 Å². The molecule has 0 radical (unpaired) electrons. The Hall–Kier alpha value is -0.610. The van der Waals surface area contributed by atoms with Crippen molar-refractivity contribution in [1.29, 1.82) is 0 Å². The summed E-state index contributed by atoms with van der Waals surface area (Å²) in [6, 6.07) is 0. The number of rotatable bonds is 5. The van der Waals surface area contributed by atoms with Gasteiger partial charge in [-0.15, -0.1) is 0 Å². The minimum Gasteiger partial charge on any atom is -0.457 e. The van der Waals surface area contributed by atoms with Crippen LogP contribution in [0.3, 0.4) is 0 Å². The zero-order valence-electron chi connectivity index (χ0n) is 7.99. The summed E-state index contributed by atoms with van der Waals surface area (Å²) in [6.07, 6.45) is -0.466. The van der Waals surface area contributed by atoms with E-state index < -0.39 is 0 Å². The first-order valence-electron chi connectivity index (χ1n) is 3.80. The maximum Gasteiger partial charge on any atom is 0.303 e. The SMILES string of the molecule is COCC(OC(C)=O)C(C)OC. The van der Waals surface area contributed by atoms with Crippen molar-refractivity contribution in [3.8, 4) is 0 Å². The molecule has 0 amide bonds. The molecule has 0 aromatic heterocycles. The molecule has 0 N–H and O–H groups in total. The molecular formula is C8H16O4. The zero-order chi connectivity index (χ0) is 9.56. The van der Waals surface area contributed by atoms with Crippen LogP contribution in [0.4, 0.5) is 0 Å². The van der Waals surface area contributed by atoms with Crippen LogP contribution in [0.2, 0.25) is 0 Å². The van der Waals surface area contributed by atoms with E-state index in [9.17, 15) is 4.79 Å².